The molecule has 1 aromatic carbocycles. The van der Waals surface area contributed by atoms with E-state index in [9.17, 15) is 9.59 Å². The van der Waals surface area contributed by atoms with Gasteiger partial charge in [0.25, 0.3) is 5.91 Å². The van der Waals surface area contributed by atoms with Crippen LogP contribution in [0, 0.1) is 13.8 Å². The van der Waals surface area contributed by atoms with Crippen molar-refractivity contribution >= 4 is 28.3 Å². The molecule has 3 aromatic rings. The Balaban J connectivity index is 1.57. The molecule has 0 saturated heterocycles. The van der Waals surface area contributed by atoms with Crippen molar-refractivity contribution in [3.63, 3.8) is 0 Å². The van der Waals surface area contributed by atoms with Crippen LogP contribution in [-0.4, -0.2) is 23.4 Å². The minimum atomic E-state index is -0.283. The summed E-state index contributed by atoms with van der Waals surface area (Å²) in [4.78, 5) is 27.5. The fraction of sp³-hybridized carbons (Fsp3) is 0.250. The van der Waals surface area contributed by atoms with E-state index in [0.29, 0.717) is 28.9 Å². The number of furan rings is 1. The number of aryl methyl sites for hydroxylation is 2. The molecular formula is C20H21N3O4S. The zero-order valence-electron chi connectivity index (χ0n) is 15.9. The zero-order valence-corrected chi connectivity index (χ0v) is 16.7. The number of carbonyl (C=O) groups is 2. The Kier molecular flexibility index (Phi) is 6.10. The Morgan fingerprint density at radius 3 is 2.64 bits per heavy atom. The fourth-order valence-electron chi connectivity index (χ4n) is 2.59. The van der Waals surface area contributed by atoms with E-state index in [1.165, 1.54) is 18.3 Å². The lowest BCUT2D eigenvalue weighted by Gasteiger charge is -2.11. The number of amides is 2. The summed E-state index contributed by atoms with van der Waals surface area (Å²) in [5, 5.41) is 7.66. The maximum Gasteiger partial charge on any atom is 0.264 e. The standard InChI is InChI=1S/C20H21N3O4S/c1-12-5-4-6-13(2)19(12)26-10-18(25)23-20-22-16(11-28-20)17-8-7-15(27-17)9-21-14(3)24/h4-8,11H,9-10H2,1-3H3,(H,21,24)(H,22,23,25). The van der Waals surface area contributed by atoms with E-state index >= 15 is 0 Å². The van der Waals surface area contributed by atoms with E-state index in [0.717, 1.165) is 16.9 Å². The van der Waals surface area contributed by atoms with E-state index in [1.807, 2.05) is 32.0 Å². The van der Waals surface area contributed by atoms with Gasteiger partial charge in [0.05, 0.1) is 6.54 Å². The fourth-order valence-corrected chi connectivity index (χ4v) is 3.30. The summed E-state index contributed by atoms with van der Waals surface area (Å²) in [6.45, 7) is 5.55. The molecule has 0 atom stereocenters. The number of ether oxygens (including phenoxy) is 1. The highest BCUT2D eigenvalue weighted by Crippen LogP contribution is 2.27. The first-order valence-electron chi connectivity index (χ1n) is 8.70. The van der Waals surface area contributed by atoms with Crippen LogP contribution in [0.4, 0.5) is 5.13 Å². The maximum atomic E-state index is 12.2. The van der Waals surface area contributed by atoms with Crippen LogP contribution in [0.25, 0.3) is 11.5 Å². The van der Waals surface area contributed by atoms with Gasteiger partial charge in [0, 0.05) is 12.3 Å². The zero-order chi connectivity index (χ0) is 20.1. The minimum absolute atomic E-state index is 0.0950. The van der Waals surface area contributed by atoms with Gasteiger partial charge in [0.2, 0.25) is 5.91 Å². The number of nitrogens with zero attached hydrogens (tertiary/aromatic N) is 1. The first-order valence-corrected chi connectivity index (χ1v) is 9.58. The summed E-state index contributed by atoms with van der Waals surface area (Å²) in [7, 11) is 0. The molecule has 2 aromatic heterocycles. The van der Waals surface area contributed by atoms with E-state index in [4.69, 9.17) is 9.15 Å². The van der Waals surface area contributed by atoms with Crippen LogP contribution in [0.2, 0.25) is 0 Å². The molecule has 8 heteroatoms. The second-order valence-electron chi connectivity index (χ2n) is 6.27. The molecule has 0 saturated carbocycles. The van der Waals surface area contributed by atoms with Crippen LogP contribution >= 0.6 is 11.3 Å². The monoisotopic (exact) mass is 399 g/mol. The normalized spacial score (nSPS) is 10.5. The molecule has 7 nitrogen and oxygen atoms in total. The molecule has 0 aliphatic carbocycles. The van der Waals surface area contributed by atoms with Crippen LogP contribution in [-0.2, 0) is 16.1 Å². The number of hydrogen-bond acceptors (Lipinski definition) is 6. The van der Waals surface area contributed by atoms with E-state index in [2.05, 4.69) is 15.6 Å². The molecule has 0 bridgehead atoms. The molecule has 0 radical (unpaired) electrons. The highest BCUT2D eigenvalue weighted by Gasteiger charge is 2.13. The van der Waals surface area contributed by atoms with Crippen molar-refractivity contribution in [1.29, 1.82) is 0 Å². The third-order valence-corrected chi connectivity index (χ3v) is 4.69. The summed E-state index contributed by atoms with van der Waals surface area (Å²) in [5.41, 5.74) is 2.58. The number of carbonyl (C=O) groups excluding carboxylic acids is 2. The first kappa shape index (κ1) is 19.6. The van der Waals surface area contributed by atoms with Gasteiger partial charge in [-0.25, -0.2) is 4.98 Å². The van der Waals surface area contributed by atoms with Gasteiger partial charge < -0.3 is 14.5 Å². The van der Waals surface area contributed by atoms with Crippen molar-refractivity contribution in [1.82, 2.24) is 10.3 Å². The largest absolute Gasteiger partial charge is 0.483 e. The summed E-state index contributed by atoms with van der Waals surface area (Å²) < 4.78 is 11.3. The molecule has 2 N–H and O–H groups in total. The summed E-state index contributed by atoms with van der Waals surface area (Å²) >= 11 is 1.30. The predicted octanol–water partition coefficient (Wildman–Crippen LogP) is 3.67. The van der Waals surface area contributed by atoms with Crippen LogP contribution < -0.4 is 15.4 Å². The van der Waals surface area contributed by atoms with Gasteiger partial charge in [-0.3, -0.25) is 14.9 Å². The third kappa shape index (κ3) is 4.98. The molecule has 146 valence electrons. The number of thiazole rings is 1. The lowest BCUT2D eigenvalue weighted by Crippen LogP contribution is -2.20. The van der Waals surface area contributed by atoms with Crippen molar-refractivity contribution in [3.8, 4) is 17.2 Å². The number of anilines is 1. The molecule has 2 heterocycles. The average Bonchev–Trinajstić information content (AvgIpc) is 3.28. The number of benzene rings is 1. The highest BCUT2D eigenvalue weighted by molar-refractivity contribution is 7.14. The van der Waals surface area contributed by atoms with Crippen LogP contribution in [0.3, 0.4) is 0 Å². The molecule has 2 amide bonds. The van der Waals surface area contributed by atoms with Gasteiger partial charge in [-0.1, -0.05) is 18.2 Å². The highest BCUT2D eigenvalue weighted by atomic mass is 32.1. The summed E-state index contributed by atoms with van der Waals surface area (Å²) in [5.74, 6) is 1.52. The lowest BCUT2D eigenvalue weighted by molar-refractivity contribution is -0.119. The number of rotatable bonds is 7. The second-order valence-corrected chi connectivity index (χ2v) is 7.13. The number of hydrogen-bond donors (Lipinski definition) is 2. The van der Waals surface area contributed by atoms with Crippen molar-refractivity contribution in [3.05, 3.63) is 52.6 Å². The third-order valence-electron chi connectivity index (χ3n) is 3.93. The number of nitrogens with one attached hydrogen (secondary N) is 2. The van der Waals surface area contributed by atoms with Crippen molar-refractivity contribution in [2.24, 2.45) is 0 Å². The molecule has 0 aliphatic heterocycles. The van der Waals surface area contributed by atoms with Gasteiger partial charge >= 0.3 is 0 Å². The summed E-state index contributed by atoms with van der Waals surface area (Å²) in [6, 6.07) is 9.39. The van der Waals surface area contributed by atoms with Crippen molar-refractivity contribution < 1.29 is 18.7 Å². The van der Waals surface area contributed by atoms with Crippen LogP contribution in [0.5, 0.6) is 5.75 Å². The van der Waals surface area contributed by atoms with Crippen LogP contribution in [0.15, 0.2) is 40.1 Å². The van der Waals surface area contributed by atoms with Gasteiger partial charge in [-0.15, -0.1) is 11.3 Å². The van der Waals surface area contributed by atoms with E-state index in [-0.39, 0.29) is 18.4 Å². The van der Waals surface area contributed by atoms with Crippen LogP contribution in [0.1, 0.15) is 23.8 Å². The van der Waals surface area contributed by atoms with E-state index in [1.54, 1.807) is 17.5 Å². The second kappa shape index (κ2) is 8.71. The van der Waals surface area contributed by atoms with Gasteiger partial charge in [-0.05, 0) is 37.1 Å². The Hall–Kier alpha value is -3.13. The predicted molar refractivity (Wildman–Crippen MR) is 107 cm³/mol. The first-order chi connectivity index (χ1) is 13.4. The maximum absolute atomic E-state index is 12.2. The molecule has 28 heavy (non-hydrogen) atoms. The smallest absolute Gasteiger partial charge is 0.264 e. The molecule has 0 aliphatic rings. The van der Waals surface area contributed by atoms with Gasteiger partial charge in [-0.2, -0.15) is 0 Å². The number of aromatic nitrogens is 1. The number of para-hydroxylation sites is 1. The SMILES string of the molecule is CC(=O)NCc1ccc(-c2csc(NC(=O)COc3c(C)cccc3C)n2)o1. The summed E-state index contributed by atoms with van der Waals surface area (Å²) in [6.07, 6.45) is 0. The quantitative estimate of drug-likeness (QED) is 0.632. The molecule has 0 fully saturated rings. The molecule has 0 unspecified atom stereocenters. The van der Waals surface area contributed by atoms with Gasteiger partial charge in [0.15, 0.2) is 17.5 Å². The molecule has 0 spiro atoms. The van der Waals surface area contributed by atoms with Gasteiger partial charge in [0.1, 0.15) is 17.2 Å². The topological polar surface area (TPSA) is 93.5 Å². The average molecular weight is 399 g/mol. The van der Waals surface area contributed by atoms with Crippen molar-refractivity contribution in [2.75, 3.05) is 11.9 Å². The Bertz CT molecular complexity index is 973. The molecule has 3 rings (SSSR count). The Morgan fingerprint density at radius 1 is 1.18 bits per heavy atom. The van der Waals surface area contributed by atoms with E-state index < -0.39 is 0 Å². The van der Waals surface area contributed by atoms with Crippen molar-refractivity contribution in [2.45, 2.75) is 27.3 Å². The Morgan fingerprint density at radius 2 is 1.93 bits per heavy atom. The Labute approximate surface area is 166 Å². The molecular weight excluding hydrogens is 378 g/mol. The lowest BCUT2D eigenvalue weighted by atomic mass is 10.1. The minimum Gasteiger partial charge on any atom is -0.483 e.